The largest absolute Gasteiger partial charge is 0.573 e. The Labute approximate surface area is 195 Å². The maximum absolute atomic E-state index is 13.9. The SMILES string of the molecule is CCC(C)CCC1CCC(C2CCC(CCc3cc(F)c(OC(F)(F)F)c(F)c3)CC2)CC1. The molecule has 0 aliphatic heterocycles. The van der Waals surface area contributed by atoms with Gasteiger partial charge in [-0.25, -0.2) is 8.78 Å². The molecule has 1 aromatic carbocycles. The van der Waals surface area contributed by atoms with Crippen molar-refractivity contribution in [2.24, 2.45) is 29.6 Å². The fourth-order valence-corrected chi connectivity index (χ4v) is 5.96. The summed E-state index contributed by atoms with van der Waals surface area (Å²) in [5.41, 5.74) is 0.386. The van der Waals surface area contributed by atoms with Crippen LogP contribution in [0.4, 0.5) is 22.0 Å². The fourth-order valence-electron chi connectivity index (χ4n) is 5.96. The van der Waals surface area contributed by atoms with Crippen LogP contribution in [0.2, 0.25) is 0 Å². The van der Waals surface area contributed by atoms with Crippen LogP contribution in [0.3, 0.4) is 0 Å². The quantitative estimate of drug-likeness (QED) is 0.324. The van der Waals surface area contributed by atoms with Crippen LogP contribution in [0.25, 0.3) is 0 Å². The van der Waals surface area contributed by atoms with Crippen molar-refractivity contribution in [3.63, 3.8) is 0 Å². The monoisotopic (exact) mass is 474 g/mol. The lowest BCUT2D eigenvalue weighted by molar-refractivity contribution is -0.276. The summed E-state index contributed by atoms with van der Waals surface area (Å²) < 4.78 is 68.2. The molecule has 0 bridgehead atoms. The molecule has 0 radical (unpaired) electrons. The van der Waals surface area contributed by atoms with Crippen molar-refractivity contribution in [3.8, 4) is 5.75 Å². The van der Waals surface area contributed by atoms with Gasteiger partial charge in [0.05, 0.1) is 0 Å². The Balaban J connectivity index is 1.39. The molecular formula is C27H39F5O. The molecule has 1 atom stereocenters. The van der Waals surface area contributed by atoms with E-state index in [1.807, 2.05) is 0 Å². The van der Waals surface area contributed by atoms with Crippen molar-refractivity contribution in [2.45, 2.75) is 104 Å². The third-order valence-corrected chi connectivity index (χ3v) is 8.33. The second kappa shape index (κ2) is 11.9. The Kier molecular flexibility index (Phi) is 9.46. The predicted octanol–water partition coefficient (Wildman–Crippen LogP) is 9.24. The first-order valence-electron chi connectivity index (χ1n) is 12.9. The number of benzene rings is 1. The van der Waals surface area contributed by atoms with Gasteiger partial charge in [-0.1, -0.05) is 58.8 Å². The lowest BCUT2D eigenvalue weighted by Crippen LogP contribution is -2.26. The molecule has 1 aromatic rings. The van der Waals surface area contributed by atoms with E-state index in [-0.39, 0.29) is 0 Å². The zero-order chi connectivity index (χ0) is 24.0. The first-order chi connectivity index (χ1) is 15.6. The van der Waals surface area contributed by atoms with Crippen molar-refractivity contribution in [1.82, 2.24) is 0 Å². The summed E-state index contributed by atoms with van der Waals surface area (Å²) in [5.74, 6) is -0.0265. The van der Waals surface area contributed by atoms with Gasteiger partial charge in [0.1, 0.15) is 0 Å². The number of rotatable bonds is 9. The van der Waals surface area contributed by atoms with Gasteiger partial charge in [-0.2, -0.15) is 0 Å². The number of alkyl halides is 3. The molecule has 0 spiro atoms. The summed E-state index contributed by atoms with van der Waals surface area (Å²) in [7, 11) is 0. The maximum atomic E-state index is 13.9. The van der Waals surface area contributed by atoms with Crippen LogP contribution in [-0.4, -0.2) is 6.36 Å². The standard InChI is InChI=1S/C27H39F5O/c1-3-18(2)4-5-19-8-12-22(13-9-19)23-14-10-20(11-15-23)6-7-21-16-24(28)26(25(29)17-21)33-27(30,31)32/h16-20,22-23H,3-15H2,1-2H3. The molecule has 33 heavy (non-hydrogen) atoms. The second-order valence-corrected chi connectivity index (χ2v) is 10.6. The topological polar surface area (TPSA) is 9.23 Å². The van der Waals surface area contributed by atoms with Crippen LogP contribution in [0.15, 0.2) is 12.1 Å². The van der Waals surface area contributed by atoms with E-state index in [2.05, 4.69) is 18.6 Å². The van der Waals surface area contributed by atoms with Crippen molar-refractivity contribution < 1.29 is 26.7 Å². The molecule has 1 nitrogen and oxygen atoms in total. The van der Waals surface area contributed by atoms with E-state index in [9.17, 15) is 22.0 Å². The van der Waals surface area contributed by atoms with Gasteiger partial charge in [0.25, 0.3) is 0 Å². The fraction of sp³-hybridized carbons (Fsp3) is 0.778. The van der Waals surface area contributed by atoms with Crippen molar-refractivity contribution in [1.29, 1.82) is 0 Å². The summed E-state index contributed by atoms with van der Waals surface area (Å²) in [5, 5.41) is 0. The van der Waals surface area contributed by atoms with E-state index in [1.54, 1.807) is 0 Å². The summed E-state index contributed by atoms with van der Waals surface area (Å²) in [4.78, 5) is 0. The minimum absolute atomic E-state index is 0.386. The average molecular weight is 475 g/mol. The Morgan fingerprint density at radius 2 is 1.33 bits per heavy atom. The van der Waals surface area contributed by atoms with E-state index >= 15 is 0 Å². The lowest BCUT2D eigenvalue weighted by Gasteiger charge is -2.38. The highest BCUT2D eigenvalue weighted by molar-refractivity contribution is 5.31. The molecule has 6 heteroatoms. The Morgan fingerprint density at radius 1 is 0.848 bits per heavy atom. The van der Waals surface area contributed by atoms with Gasteiger partial charge in [-0.15, -0.1) is 13.2 Å². The summed E-state index contributed by atoms with van der Waals surface area (Å²) >= 11 is 0. The van der Waals surface area contributed by atoms with E-state index in [4.69, 9.17) is 0 Å². The Hall–Kier alpha value is -1.33. The first-order valence-corrected chi connectivity index (χ1v) is 12.9. The van der Waals surface area contributed by atoms with Crippen molar-refractivity contribution >= 4 is 0 Å². The first kappa shape index (κ1) is 26.3. The van der Waals surface area contributed by atoms with Gasteiger partial charge in [0.2, 0.25) is 5.75 Å². The minimum Gasteiger partial charge on any atom is -0.399 e. The molecule has 2 aliphatic rings. The highest BCUT2D eigenvalue weighted by Crippen LogP contribution is 2.43. The van der Waals surface area contributed by atoms with Gasteiger partial charge < -0.3 is 4.74 Å². The summed E-state index contributed by atoms with van der Waals surface area (Å²) in [6, 6.07) is 1.94. The number of aryl methyl sites for hydroxylation is 1. The molecule has 2 fully saturated rings. The van der Waals surface area contributed by atoms with Gasteiger partial charge >= 0.3 is 6.36 Å². The maximum Gasteiger partial charge on any atom is 0.573 e. The molecule has 1 unspecified atom stereocenters. The molecule has 3 rings (SSSR count). The molecule has 2 aliphatic carbocycles. The minimum atomic E-state index is -5.12. The summed E-state index contributed by atoms with van der Waals surface area (Å²) in [6.07, 6.45) is 10.4. The van der Waals surface area contributed by atoms with E-state index < -0.39 is 23.7 Å². The summed E-state index contributed by atoms with van der Waals surface area (Å²) in [6.45, 7) is 4.63. The second-order valence-electron chi connectivity index (χ2n) is 10.6. The average Bonchev–Trinajstić information content (AvgIpc) is 2.78. The van der Waals surface area contributed by atoms with Crippen LogP contribution in [-0.2, 0) is 6.42 Å². The highest BCUT2D eigenvalue weighted by Gasteiger charge is 2.34. The number of hydrogen-bond donors (Lipinski definition) is 0. The number of hydrogen-bond acceptors (Lipinski definition) is 1. The van der Waals surface area contributed by atoms with Crippen LogP contribution in [0.1, 0.15) is 96.5 Å². The van der Waals surface area contributed by atoms with Gasteiger partial charge in [0.15, 0.2) is 11.6 Å². The molecule has 0 saturated heterocycles. The van der Waals surface area contributed by atoms with Gasteiger partial charge in [-0.05, 0) is 85.8 Å². The molecule has 0 heterocycles. The van der Waals surface area contributed by atoms with Gasteiger partial charge in [-0.3, -0.25) is 0 Å². The lowest BCUT2D eigenvalue weighted by atomic mass is 9.68. The predicted molar refractivity (Wildman–Crippen MR) is 121 cm³/mol. The van der Waals surface area contributed by atoms with E-state index in [0.717, 1.165) is 55.1 Å². The van der Waals surface area contributed by atoms with Crippen LogP contribution in [0.5, 0.6) is 5.75 Å². The van der Waals surface area contributed by atoms with E-state index in [1.165, 1.54) is 57.8 Å². The Bertz CT molecular complexity index is 708. The van der Waals surface area contributed by atoms with Crippen LogP contribution < -0.4 is 4.74 Å². The molecular weight excluding hydrogens is 435 g/mol. The van der Waals surface area contributed by atoms with Crippen molar-refractivity contribution in [2.75, 3.05) is 0 Å². The third kappa shape index (κ3) is 8.13. The molecule has 188 valence electrons. The normalized spacial score (nSPS) is 27.4. The zero-order valence-electron chi connectivity index (χ0n) is 20.0. The van der Waals surface area contributed by atoms with Crippen LogP contribution >= 0.6 is 0 Å². The molecule has 0 aromatic heterocycles. The number of ether oxygens (including phenoxy) is 1. The Morgan fingerprint density at radius 3 is 1.79 bits per heavy atom. The highest BCUT2D eigenvalue weighted by atomic mass is 19.4. The molecule has 2 saturated carbocycles. The smallest absolute Gasteiger partial charge is 0.399 e. The molecule has 0 amide bonds. The van der Waals surface area contributed by atoms with Crippen LogP contribution in [0, 0.1) is 41.2 Å². The van der Waals surface area contributed by atoms with E-state index in [0.29, 0.717) is 17.9 Å². The number of halogens is 5. The molecule has 0 N–H and O–H groups in total. The van der Waals surface area contributed by atoms with Crippen molar-refractivity contribution in [3.05, 3.63) is 29.3 Å². The third-order valence-electron chi connectivity index (χ3n) is 8.33. The van der Waals surface area contributed by atoms with Gasteiger partial charge in [0, 0.05) is 0 Å². The zero-order valence-corrected chi connectivity index (χ0v) is 20.0.